The Morgan fingerprint density at radius 1 is 1.41 bits per heavy atom. The summed E-state index contributed by atoms with van der Waals surface area (Å²) in [5.74, 6) is 0. The minimum absolute atomic E-state index is 0.169. The standard InChI is InChI=1S/C14H25NOS/c1-6-8-15-13(14(4,5)16-7-2)12-9-11(3)17-10-12/h9-10,13,15H,6-8H2,1-5H3. The Labute approximate surface area is 109 Å². The first-order chi connectivity index (χ1) is 8.01. The molecule has 1 aromatic heterocycles. The number of ether oxygens (including phenoxy) is 1. The first-order valence-corrected chi connectivity index (χ1v) is 7.31. The van der Waals surface area contributed by atoms with E-state index in [0.29, 0.717) is 0 Å². The van der Waals surface area contributed by atoms with E-state index in [1.807, 2.05) is 0 Å². The van der Waals surface area contributed by atoms with Crippen LogP contribution in [0.3, 0.4) is 0 Å². The third-order valence-electron chi connectivity index (χ3n) is 2.89. The maximum absolute atomic E-state index is 5.89. The fraction of sp³-hybridized carbons (Fsp3) is 0.714. The van der Waals surface area contributed by atoms with Crippen LogP contribution in [0.15, 0.2) is 11.4 Å². The second kappa shape index (κ2) is 6.53. The summed E-state index contributed by atoms with van der Waals surface area (Å²) in [5.41, 5.74) is 1.18. The Balaban J connectivity index is 2.86. The van der Waals surface area contributed by atoms with Gasteiger partial charge in [0.05, 0.1) is 11.6 Å². The number of hydrogen-bond acceptors (Lipinski definition) is 3. The molecule has 0 spiro atoms. The highest BCUT2D eigenvalue weighted by atomic mass is 32.1. The van der Waals surface area contributed by atoms with Crippen molar-refractivity contribution < 1.29 is 4.74 Å². The van der Waals surface area contributed by atoms with Crippen LogP contribution in [0.2, 0.25) is 0 Å². The summed E-state index contributed by atoms with van der Waals surface area (Å²) in [6.45, 7) is 12.5. The van der Waals surface area contributed by atoms with Crippen LogP contribution in [0.4, 0.5) is 0 Å². The zero-order valence-electron chi connectivity index (χ0n) is 11.7. The average molecular weight is 255 g/mol. The van der Waals surface area contributed by atoms with E-state index in [2.05, 4.69) is 51.4 Å². The summed E-state index contributed by atoms with van der Waals surface area (Å²) < 4.78 is 5.89. The molecule has 1 rings (SSSR count). The highest BCUT2D eigenvalue weighted by Gasteiger charge is 2.31. The molecule has 1 atom stereocenters. The summed E-state index contributed by atoms with van der Waals surface area (Å²) in [6, 6.07) is 2.53. The van der Waals surface area contributed by atoms with Crippen molar-refractivity contribution in [1.29, 1.82) is 0 Å². The van der Waals surface area contributed by atoms with E-state index < -0.39 is 0 Å². The zero-order chi connectivity index (χ0) is 12.9. The second-order valence-corrected chi connectivity index (χ2v) is 6.03. The Kier molecular flexibility index (Phi) is 5.63. The second-order valence-electron chi connectivity index (χ2n) is 4.91. The number of aryl methyl sites for hydroxylation is 1. The van der Waals surface area contributed by atoms with Crippen LogP contribution in [-0.2, 0) is 4.74 Å². The van der Waals surface area contributed by atoms with Crippen molar-refractivity contribution in [3.63, 3.8) is 0 Å². The van der Waals surface area contributed by atoms with Gasteiger partial charge in [-0.25, -0.2) is 0 Å². The molecule has 0 aliphatic rings. The Morgan fingerprint density at radius 3 is 2.59 bits per heavy atom. The van der Waals surface area contributed by atoms with Gasteiger partial charge in [0.1, 0.15) is 0 Å². The molecule has 0 radical (unpaired) electrons. The molecule has 0 aromatic carbocycles. The summed E-state index contributed by atoms with van der Waals surface area (Å²) in [5, 5.41) is 5.85. The van der Waals surface area contributed by atoms with Crippen molar-refractivity contribution in [3.05, 3.63) is 21.9 Å². The van der Waals surface area contributed by atoms with Crippen LogP contribution < -0.4 is 5.32 Å². The van der Waals surface area contributed by atoms with Crippen LogP contribution in [-0.4, -0.2) is 18.8 Å². The lowest BCUT2D eigenvalue weighted by Gasteiger charge is -2.34. The third kappa shape index (κ3) is 4.09. The molecule has 1 N–H and O–H groups in total. The number of thiophene rings is 1. The normalized spacial score (nSPS) is 13.9. The quantitative estimate of drug-likeness (QED) is 0.797. The highest BCUT2D eigenvalue weighted by molar-refractivity contribution is 7.10. The molecule has 0 aliphatic heterocycles. The van der Waals surface area contributed by atoms with Gasteiger partial charge in [0.15, 0.2) is 0 Å². The Morgan fingerprint density at radius 2 is 2.12 bits per heavy atom. The number of hydrogen-bond donors (Lipinski definition) is 1. The van der Waals surface area contributed by atoms with Gasteiger partial charge in [0.25, 0.3) is 0 Å². The Hall–Kier alpha value is -0.380. The predicted octanol–water partition coefficient (Wildman–Crippen LogP) is 3.91. The van der Waals surface area contributed by atoms with Crippen LogP contribution in [0.25, 0.3) is 0 Å². The molecule has 2 nitrogen and oxygen atoms in total. The van der Waals surface area contributed by atoms with Gasteiger partial charge >= 0.3 is 0 Å². The third-order valence-corrected chi connectivity index (χ3v) is 3.77. The van der Waals surface area contributed by atoms with Crippen molar-refractivity contribution in [1.82, 2.24) is 5.32 Å². The lowest BCUT2D eigenvalue weighted by atomic mass is 9.93. The van der Waals surface area contributed by atoms with E-state index >= 15 is 0 Å². The van der Waals surface area contributed by atoms with E-state index in [0.717, 1.165) is 19.6 Å². The van der Waals surface area contributed by atoms with Gasteiger partial charge in [-0.3, -0.25) is 0 Å². The van der Waals surface area contributed by atoms with Gasteiger partial charge in [0.2, 0.25) is 0 Å². The predicted molar refractivity (Wildman–Crippen MR) is 75.8 cm³/mol. The van der Waals surface area contributed by atoms with Crippen molar-refractivity contribution in [2.24, 2.45) is 0 Å². The van der Waals surface area contributed by atoms with Gasteiger partial charge in [-0.05, 0) is 57.7 Å². The molecule has 0 saturated carbocycles. The van der Waals surface area contributed by atoms with E-state index in [-0.39, 0.29) is 11.6 Å². The van der Waals surface area contributed by atoms with Crippen molar-refractivity contribution in [2.45, 2.75) is 52.7 Å². The molecule has 0 bridgehead atoms. The van der Waals surface area contributed by atoms with Gasteiger partial charge in [-0.2, -0.15) is 0 Å². The summed E-state index contributed by atoms with van der Waals surface area (Å²) >= 11 is 1.80. The maximum Gasteiger partial charge on any atom is 0.0820 e. The number of nitrogens with one attached hydrogen (secondary N) is 1. The van der Waals surface area contributed by atoms with Crippen molar-refractivity contribution in [3.8, 4) is 0 Å². The van der Waals surface area contributed by atoms with Gasteiger partial charge < -0.3 is 10.1 Å². The van der Waals surface area contributed by atoms with Crippen LogP contribution in [0, 0.1) is 6.92 Å². The molecule has 0 fully saturated rings. The average Bonchev–Trinajstić information content (AvgIpc) is 2.65. The summed E-state index contributed by atoms with van der Waals surface area (Å²) in [6.07, 6.45) is 1.14. The first-order valence-electron chi connectivity index (χ1n) is 6.43. The lowest BCUT2D eigenvalue weighted by Crippen LogP contribution is -2.41. The van der Waals surface area contributed by atoms with Gasteiger partial charge in [-0.1, -0.05) is 6.92 Å². The lowest BCUT2D eigenvalue weighted by molar-refractivity contribution is -0.0390. The largest absolute Gasteiger partial charge is 0.374 e. The zero-order valence-corrected chi connectivity index (χ0v) is 12.5. The van der Waals surface area contributed by atoms with Crippen LogP contribution >= 0.6 is 11.3 Å². The monoisotopic (exact) mass is 255 g/mol. The molecule has 1 unspecified atom stereocenters. The molecular weight excluding hydrogens is 230 g/mol. The molecule has 1 heterocycles. The molecule has 0 aliphatic carbocycles. The van der Waals surface area contributed by atoms with Gasteiger partial charge in [0, 0.05) is 11.5 Å². The topological polar surface area (TPSA) is 21.3 Å². The minimum Gasteiger partial charge on any atom is -0.374 e. The molecular formula is C14H25NOS. The van der Waals surface area contributed by atoms with Crippen LogP contribution in [0.1, 0.15) is 50.6 Å². The molecule has 3 heteroatoms. The van der Waals surface area contributed by atoms with Crippen molar-refractivity contribution in [2.75, 3.05) is 13.2 Å². The van der Waals surface area contributed by atoms with Crippen LogP contribution in [0.5, 0.6) is 0 Å². The van der Waals surface area contributed by atoms with Crippen molar-refractivity contribution >= 4 is 11.3 Å². The molecule has 0 saturated heterocycles. The smallest absolute Gasteiger partial charge is 0.0820 e. The molecule has 0 amide bonds. The first kappa shape index (κ1) is 14.7. The molecule has 17 heavy (non-hydrogen) atoms. The number of rotatable bonds is 7. The van der Waals surface area contributed by atoms with E-state index in [1.54, 1.807) is 11.3 Å². The van der Waals surface area contributed by atoms with Gasteiger partial charge in [-0.15, -0.1) is 11.3 Å². The van der Waals surface area contributed by atoms with E-state index in [1.165, 1.54) is 10.4 Å². The fourth-order valence-corrected chi connectivity index (χ4v) is 2.85. The summed E-state index contributed by atoms with van der Waals surface area (Å²) in [4.78, 5) is 1.36. The molecule has 1 aromatic rings. The Bertz CT molecular complexity index is 333. The molecule has 98 valence electrons. The SMILES string of the molecule is CCCNC(c1csc(C)c1)C(C)(C)OCC. The van der Waals surface area contributed by atoms with E-state index in [4.69, 9.17) is 4.74 Å². The van der Waals surface area contributed by atoms with E-state index in [9.17, 15) is 0 Å². The fourth-order valence-electron chi connectivity index (χ4n) is 2.12. The highest BCUT2D eigenvalue weighted by Crippen LogP contribution is 2.31. The summed E-state index contributed by atoms with van der Waals surface area (Å²) in [7, 11) is 0. The minimum atomic E-state index is -0.169. The maximum atomic E-state index is 5.89.